The second-order valence-corrected chi connectivity index (χ2v) is 11.7. The van der Waals surface area contributed by atoms with Crippen LogP contribution in [0.2, 0.25) is 0 Å². The van der Waals surface area contributed by atoms with E-state index in [0.29, 0.717) is 45.4 Å². The number of guanidine groups is 2. The Morgan fingerprint density at radius 2 is 1.20 bits per heavy atom. The molecule has 0 aromatic carbocycles. The molecule has 10 N–H and O–H groups in total. The smallest absolute Gasteiger partial charge is 0.309 e. The number of rotatable bonds is 31. The van der Waals surface area contributed by atoms with Crippen LogP contribution in [0.25, 0.3) is 0 Å². The summed E-state index contributed by atoms with van der Waals surface area (Å²) < 4.78 is 10.4. The molecule has 0 amide bonds. The van der Waals surface area contributed by atoms with Gasteiger partial charge in [-0.3, -0.25) is 30.2 Å². The summed E-state index contributed by atoms with van der Waals surface area (Å²) in [6.07, 6.45) is 14.8. The highest BCUT2D eigenvalue weighted by atomic mass is 16.5. The summed E-state index contributed by atoms with van der Waals surface area (Å²) >= 11 is 0. The summed E-state index contributed by atoms with van der Waals surface area (Å²) in [5.74, 6) is -1.63. The summed E-state index contributed by atoms with van der Waals surface area (Å²) in [7, 11) is 1.29. The lowest BCUT2D eigenvalue weighted by Gasteiger charge is -2.29. The van der Waals surface area contributed by atoms with Crippen molar-refractivity contribution in [2.45, 2.75) is 134 Å². The number of nitrogens with two attached hydrogens (primary N) is 4. The molecule has 0 rings (SSSR count). The first-order valence-corrected chi connectivity index (χ1v) is 16.9. The number of aliphatic imine (C=N–C) groups is 2. The third-order valence-electron chi connectivity index (χ3n) is 7.61. The molecule has 0 aliphatic carbocycles. The van der Waals surface area contributed by atoms with Crippen molar-refractivity contribution in [1.29, 1.82) is 0 Å². The van der Waals surface area contributed by atoms with Gasteiger partial charge in [0.25, 0.3) is 0 Å². The van der Waals surface area contributed by atoms with Crippen LogP contribution in [0.3, 0.4) is 0 Å². The molecule has 3 atom stereocenters. The predicted octanol–water partition coefficient (Wildman–Crippen LogP) is 2.16. The minimum Gasteiger partial charge on any atom is -0.469 e. The van der Waals surface area contributed by atoms with E-state index in [4.69, 9.17) is 32.4 Å². The van der Waals surface area contributed by atoms with Gasteiger partial charge in [0.05, 0.1) is 37.9 Å². The van der Waals surface area contributed by atoms with E-state index in [1.54, 1.807) is 0 Å². The van der Waals surface area contributed by atoms with Gasteiger partial charge in [-0.2, -0.15) is 0 Å². The molecule has 0 aliphatic rings. The van der Waals surface area contributed by atoms with Gasteiger partial charge in [-0.1, -0.05) is 64.7 Å². The van der Waals surface area contributed by atoms with Crippen molar-refractivity contribution in [2.24, 2.45) is 38.8 Å². The van der Waals surface area contributed by atoms with Crippen LogP contribution >= 0.6 is 0 Å². The number of methoxy groups -OCH3 is 1. The zero-order valence-corrected chi connectivity index (χ0v) is 28.3. The lowest BCUT2D eigenvalue weighted by atomic mass is 9.96. The van der Waals surface area contributed by atoms with E-state index >= 15 is 0 Å². The fraction of sp³-hybridized carbons (Fsp3) is 0.812. The first-order valence-electron chi connectivity index (χ1n) is 16.9. The number of unbranched alkanes of at least 4 members (excludes halogenated alkanes) is 9. The average molecular weight is 655 g/mol. The summed E-state index contributed by atoms with van der Waals surface area (Å²) in [5.41, 5.74) is 21.6. The zero-order chi connectivity index (χ0) is 34.4. The predicted molar refractivity (Wildman–Crippen MR) is 182 cm³/mol. The van der Waals surface area contributed by atoms with Crippen LogP contribution < -0.4 is 33.6 Å². The SMILES string of the molecule is CCCCCCCCCCCCOC(=O)C(CCC(=O)OC)CC(N[C@H](C=O)CCCN=C(N)N)N[C@H](C=O)CCCN=C(N)N. The Balaban J connectivity index is 5.37. The average Bonchev–Trinajstić information content (AvgIpc) is 3.03. The van der Waals surface area contributed by atoms with Crippen molar-refractivity contribution >= 4 is 36.4 Å². The maximum absolute atomic E-state index is 13.3. The molecule has 0 aromatic rings. The number of nitrogens with zero attached hydrogens (tertiary/aromatic N) is 2. The molecule has 0 bridgehead atoms. The Bertz CT molecular complexity index is 843. The van der Waals surface area contributed by atoms with Crippen molar-refractivity contribution in [1.82, 2.24) is 10.6 Å². The van der Waals surface area contributed by atoms with Crippen LogP contribution in [0.1, 0.15) is 116 Å². The molecule has 0 saturated heterocycles. The molecule has 0 radical (unpaired) electrons. The van der Waals surface area contributed by atoms with Gasteiger partial charge in [-0.25, -0.2) is 0 Å². The molecule has 0 fully saturated rings. The van der Waals surface area contributed by atoms with E-state index in [1.807, 2.05) is 0 Å². The van der Waals surface area contributed by atoms with Gasteiger partial charge in [0.1, 0.15) is 12.6 Å². The number of aldehydes is 2. The normalized spacial score (nSPS) is 12.9. The Morgan fingerprint density at radius 3 is 1.63 bits per heavy atom. The molecule has 0 aromatic heterocycles. The lowest BCUT2D eigenvalue weighted by molar-refractivity contribution is -0.150. The molecular weight excluding hydrogens is 592 g/mol. The minimum absolute atomic E-state index is 0.0203. The molecule has 0 spiro atoms. The summed E-state index contributed by atoms with van der Waals surface area (Å²) in [5, 5.41) is 6.45. The number of ether oxygens (including phenoxy) is 2. The molecule has 1 unspecified atom stereocenters. The van der Waals surface area contributed by atoms with Crippen LogP contribution in [-0.4, -0.2) is 81.5 Å². The maximum Gasteiger partial charge on any atom is 0.309 e. The molecule has 14 heteroatoms. The van der Waals surface area contributed by atoms with E-state index in [9.17, 15) is 19.2 Å². The summed E-state index contributed by atoms with van der Waals surface area (Å²) in [4.78, 5) is 57.0. The van der Waals surface area contributed by atoms with E-state index in [0.717, 1.165) is 31.8 Å². The Labute approximate surface area is 275 Å². The molecule has 0 heterocycles. The van der Waals surface area contributed by atoms with Crippen LogP contribution in [0.15, 0.2) is 9.98 Å². The highest BCUT2D eigenvalue weighted by molar-refractivity contribution is 5.76. The number of nitrogens with one attached hydrogen (secondary N) is 2. The van der Waals surface area contributed by atoms with Gasteiger partial charge in [0.15, 0.2) is 11.9 Å². The first-order chi connectivity index (χ1) is 22.2. The van der Waals surface area contributed by atoms with E-state index in [2.05, 4.69) is 27.5 Å². The summed E-state index contributed by atoms with van der Waals surface area (Å²) in [6.45, 7) is 3.20. The zero-order valence-electron chi connectivity index (χ0n) is 28.3. The standard InChI is InChI=1S/C32H62N8O6/c1-3-4-5-6-7-8-9-10-11-12-21-46-30(44)25(17-18-29(43)45-2)22-28(39-26(23-41)15-13-19-37-31(33)34)40-27(24-42)16-14-20-38-32(35)36/h23-28,39-40H,3-22H2,1-2H3,(H4,33,34,37)(H4,35,36,38)/t25?,26-,27-/m0/s1. The van der Waals surface area contributed by atoms with E-state index < -0.39 is 36.1 Å². The Kier molecular flexibility index (Phi) is 27.1. The van der Waals surface area contributed by atoms with Gasteiger partial charge in [0.2, 0.25) is 0 Å². The topological polar surface area (TPSA) is 240 Å². The molecular formula is C32H62N8O6. The highest BCUT2D eigenvalue weighted by Crippen LogP contribution is 2.18. The molecule has 46 heavy (non-hydrogen) atoms. The molecule has 14 nitrogen and oxygen atoms in total. The number of esters is 2. The summed E-state index contributed by atoms with van der Waals surface area (Å²) in [6, 6.07) is -1.21. The van der Waals surface area contributed by atoms with Gasteiger partial charge in [-0.15, -0.1) is 0 Å². The lowest BCUT2D eigenvalue weighted by Crippen LogP contribution is -2.53. The van der Waals surface area contributed by atoms with Crippen molar-refractivity contribution in [3.8, 4) is 0 Å². The van der Waals surface area contributed by atoms with E-state index in [-0.39, 0.29) is 31.2 Å². The second kappa shape index (κ2) is 29.2. The second-order valence-electron chi connectivity index (χ2n) is 11.7. The van der Waals surface area contributed by atoms with Gasteiger partial charge in [-0.05, 0) is 44.9 Å². The van der Waals surface area contributed by atoms with Gasteiger partial charge in [0, 0.05) is 19.5 Å². The van der Waals surface area contributed by atoms with Crippen molar-refractivity contribution < 1.29 is 28.7 Å². The monoisotopic (exact) mass is 654 g/mol. The van der Waals surface area contributed by atoms with Gasteiger partial charge >= 0.3 is 11.9 Å². The van der Waals surface area contributed by atoms with Crippen molar-refractivity contribution in [3.05, 3.63) is 0 Å². The number of carbonyl (C=O) groups excluding carboxylic acids is 4. The molecule has 0 saturated carbocycles. The number of hydrogen-bond donors (Lipinski definition) is 6. The largest absolute Gasteiger partial charge is 0.469 e. The van der Waals surface area contributed by atoms with Crippen molar-refractivity contribution in [2.75, 3.05) is 26.8 Å². The number of carbonyl (C=O) groups is 4. The van der Waals surface area contributed by atoms with Gasteiger partial charge < -0.3 is 42.0 Å². The van der Waals surface area contributed by atoms with E-state index in [1.165, 1.54) is 52.1 Å². The maximum atomic E-state index is 13.3. The molecule has 0 aliphatic heterocycles. The fourth-order valence-corrected chi connectivity index (χ4v) is 5.01. The Morgan fingerprint density at radius 1 is 0.717 bits per heavy atom. The fourth-order valence-electron chi connectivity index (χ4n) is 5.01. The third kappa shape index (κ3) is 25.0. The van der Waals surface area contributed by atoms with Crippen LogP contribution in [0.4, 0.5) is 0 Å². The van der Waals surface area contributed by atoms with Crippen molar-refractivity contribution in [3.63, 3.8) is 0 Å². The molecule has 266 valence electrons. The minimum atomic E-state index is -0.685. The highest BCUT2D eigenvalue weighted by Gasteiger charge is 2.28. The third-order valence-corrected chi connectivity index (χ3v) is 7.61. The first kappa shape index (κ1) is 42.7. The number of hydrogen-bond acceptors (Lipinski definition) is 10. The van der Waals surface area contributed by atoms with Crippen LogP contribution in [0.5, 0.6) is 0 Å². The van der Waals surface area contributed by atoms with Crippen LogP contribution in [-0.2, 0) is 28.7 Å². The quantitative estimate of drug-likeness (QED) is 0.0157. The Hall–Kier alpha value is -3.26. The van der Waals surface area contributed by atoms with Crippen LogP contribution in [0, 0.1) is 5.92 Å².